The molecule has 0 amide bonds. The molecule has 0 bridgehead atoms. The molecule has 6 heteroatoms. The topological polar surface area (TPSA) is 94.1 Å². The summed E-state index contributed by atoms with van der Waals surface area (Å²) in [4.78, 5) is 14.1. The second-order valence-electron chi connectivity index (χ2n) is 5.98. The fourth-order valence-corrected chi connectivity index (χ4v) is 3.22. The van der Waals surface area contributed by atoms with Crippen molar-refractivity contribution in [3.05, 3.63) is 33.7 Å². The van der Waals surface area contributed by atoms with Crippen LogP contribution in [0.4, 0.5) is 0 Å². The molecule has 2 atom stereocenters. The van der Waals surface area contributed by atoms with Crippen LogP contribution in [0.1, 0.15) is 23.7 Å². The first kappa shape index (κ1) is 14.9. The van der Waals surface area contributed by atoms with Crippen LogP contribution in [-0.4, -0.2) is 46.5 Å². The summed E-state index contributed by atoms with van der Waals surface area (Å²) in [5.74, 6) is -0.421. The van der Waals surface area contributed by atoms with Gasteiger partial charge in [0.1, 0.15) is 28.2 Å². The Bertz CT molecular complexity index is 782. The van der Waals surface area contributed by atoms with Crippen LogP contribution in [0.25, 0.3) is 11.0 Å². The number of benzene rings is 1. The van der Waals surface area contributed by atoms with Crippen molar-refractivity contribution in [1.29, 1.82) is 0 Å². The Morgan fingerprint density at radius 2 is 2.00 bits per heavy atom. The number of aliphatic hydroxyl groups excluding tert-OH is 1. The summed E-state index contributed by atoms with van der Waals surface area (Å²) in [6.07, 6.45) is -0.0499. The number of rotatable bonds is 1. The number of aromatic hydroxyl groups is 2. The monoisotopic (exact) mass is 305 g/mol. The Hall–Kier alpha value is -2.05. The lowest BCUT2D eigenvalue weighted by Gasteiger charge is -2.34. The van der Waals surface area contributed by atoms with Gasteiger partial charge in [0.25, 0.3) is 0 Å². The van der Waals surface area contributed by atoms with Gasteiger partial charge in [0.2, 0.25) is 0 Å². The zero-order chi connectivity index (χ0) is 16.0. The summed E-state index contributed by atoms with van der Waals surface area (Å²) in [7, 11) is 1.92. The molecule has 1 aliphatic heterocycles. The smallest absolute Gasteiger partial charge is 0.196 e. The number of hydrogen-bond donors (Lipinski definition) is 3. The van der Waals surface area contributed by atoms with E-state index in [0.717, 1.165) is 12.6 Å². The quantitative estimate of drug-likeness (QED) is 0.735. The summed E-state index contributed by atoms with van der Waals surface area (Å²) in [5, 5.41) is 30.6. The van der Waals surface area contributed by atoms with E-state index in [1.165, 1.54) is 6.07 Å². The normalized spacial score (nSPS) is 23.0. The first-order valence-corrected chi connectivity index (χ1v) is 7.24. The van der Waals surface area contributed by atoms with Crippen LogP contribution in [0.2, 0.25) is 0 Å². The molecule has 3 rings (SSSR count). The van der Waals surface area contributed by atoms with Crippen LogP contribution in [0.3, 0.4) is 0 Å². The summed E-state index contributed by atoms with van der Waals surface area (Å²) in [6, 6.07) is 2.45. The Labute approximate surface area is 127 Å². The van der Waals surface area contributed by atoms with Crippen LogP contribution in [0.15, 0.2) is 21.3 Å². The van der Waals surface area contributed by atoms with Gasteiger partial charge >= 0.3 is 0 Å². The van der Waals surface area contributed by atoms with Crippen molar-refractivity contribution >= 4 is 11.0 Å². The van der Waals surface area contributed by atoms with Crippen molar-refractivity contribution in [1.82, 2.24) is 4.90 Å². The summed E-state index contributed by atoms with van der Waals surface area (Å²) >= 11 is 0. The number of piperidine rings is 1. The largest absolute Gasteiger partial charge is 0.507 e. The van der Waals surface area contributed by atoms with Crippen molar-refractivity contribution in [3.8, 4) is 11.5 Å². The van der Waals surface area contributed by atoms with E-state index in [0.29, 0.717) is 24.3 Å². The van der Waals surface area contributed by atoms with Gasteiger partial charge in [-0.2, -0.15) is 0 Å². The number of β-amino-alcohol motifs (C(OH)–C–C–N with tert-alkyl or cyclic N) is 1. The van der Waals surface area contributed by atoms with Gasteiger partial charge in [0.15, 0.2) is 5.43 Å². The molecule has 22 heavy (non-hydrogen) atoms. The van der Waals surface area contributed by atoms with E-state index >= 15 is 0 Å². The molecule has 6 nitrogen and oxygen atoms in total. The van der Waals surface area contributed by atoms with Crippen molar-refractivity contribution in [2.75, 3.05) is 20.1 Å². The van der Waals surface area contributed by atoms with E-state index in [9.17, 15) is 20.1 Å². The maximum absolute atomic E-state index is 12.1. The molecule has 2 heterocycles. The summed E-state index contributed by atoms with van der Waals surface area (Å²) in [6.45, 7) is 2.87. The van der Waals surface area contributed by atoms with E-state index in [1.807, 2.05) is 11.9 Å². The van der Waals surface area contributed by atoms with Gasteiger partial charge in [0.05, 0.1) is 6.10 Å². The number of nitrogens with zero attached hydrogens (tertiary/aromatic N) is 1. The van der Waals surface area contributed by atoms with Crippen molar-refractivity contribution < 1.29 is 19.7 Å². The van der Waals surface area contributed by atoms with Crippen molar-refractivity contribution in [2.45, 2.75) is 25.4 Å². The lowest BCUT2D eigenvalue weighted by Crippen LogP contribution is -2.40. The minimum atomic E-state index is -0.678. The molecule has 118 valence electrons. The number of fused-ring (bicyclic) bond motifs is 1. The van der Waals surface area contributed by atoms with Gasteiger partial charge < -0.3 is 24.6 Å². The SMILES string of the molecule is Cc1cc(=O)c2c(O)cc(O)c([C@@H]3CCN(C)C[C@H]3O)c2o1. The highest BCUT2D eigenvalue weighted by Gasteiger charge is 2.32. The zero-order valence-corrected chi connectivity index (χ0v) is 12.5. The van der Waals surface area contributed by atoms with Gasteiger partial charge in [-0.25, -0.2) is 0 Å². The molecule has 1 aromatic heterocycles. The molecule has 2 aromatic rings. The molecule has 0 aliphatic carbocycles. The van der Waals surface area contributed by atoms with Gasteiger partial charge in [-0.05, 0) is 26.9 Å². The standard InChI is InChI=1S/C16H19NO5/c1-8-5-10(18)15-12(20)6-11(19)14(16(15)22-8)9-3-4-17(2)7-13(9)21/h5-6,9,13,19-21H,3-4,7H2,1-2H3/t9-,13-/m1/s1. The minimum absolute atomic E-state index is 0.0459. The highest BCUT2D eigenvalue weighted by molar-refractivity contribution is 5.88. The second-order valence-corrected chi connectivity index (χ2v) is 5.98. The molecule has 1 aromatic carbocycles. The Morgan fingerprint density at radius 3 is 2.68 bits per heavy atom. The van der Waals surface area contributed by atoms with Crippen LogP contribution < -0.4 is 5.43 Å². The lowest BCUT2D eigenvalue weighted by atomic mass is 9.85. The highest BCUT2D eigenvalue weighted by Crippen LogP contribution is 2.41. The molecule has 1 fully saturated rings. The van der Waals surface area contributed by atoms with Gasteiger partial charge in [-0.3, -0.25) is 4.79 Å². The fraction of sp³-hybridized carbons (Fsp3) is 0.438. The number of phenols is 2. The van der Waals surface area contributed by atoms with Gasteiger partial charge in [0, 0.05) is 30.2 Å². The second kappa shape index (κ2) is 5.30. The molecule has 0 spiro atoms. The lowest BCUT2D eigenvalue weighted by molar-refractivity contribution is 0.0630. The Kier molecular flexibility index (Phi) is 3.58. The van der Waals surface area contributed by atoms with Gasteiger partial charge in [-0.15, -0.1) is 0 Å². The summed E-state index contributed by atoms with van der Waals surface area (Å²) in [5.41, 5.74) is 0.199. The number of aryl methyl sites for hydroxylation is 1. The molecule has 3 N–H and O–H groups in total. The average Bonchev–Trinajstić information content (AvgIpc) is 2.39. The van der Waals surface area contributed by atoms with Crippen molar-refractivity contribution in [3.63, 3.8) is 0 Å². The molecule has 0 unspecified atom stereocenters. The van der Waals surface area contributed by atoms with Crippen LogP contribution >= 0.6 is 0 Å². The molecular weight excluding hydrogens is 286 g/mol. The third-order valence-electron chi connectivity index (χ3n) is 4.28. The van der Waals surface area contributed by atoms with Crippen LogP contribution in [-0.2, 0) is 0 Å². The molecule has 1 saturated heterocycles. The van der Waals surface area contributed by atoms with E-state index in [1.54, 1.807) is 6.92 Å². The Morgan fingerprint density at radius 1 is 1.27 bits per heavy atom. The number of likely N-dealkylation sites (N-methyl/N-ethyl adjacent to an activating group) is 1. The average molecular weight is 305 g/mol. The number of phenolic OH excluding ortho intramolecular Hbond substituents is 2. The predicted molar refractivity (Wildman–Crippen MR) is 81.4 cm³/mol. The van der Waals surface area contributed by atoms with Gasteiger partial charge in [-0.1, -0.05) is 0 Å². The number of hydrogen-bond acceptors (Lipinski definition) is 6. The van der Waals surface area contributed by atoms with Crippen molar-refractivity contribution in [2.24, 2.45) is 0 Å². The molecule has 0 radical (unpaired) electrons. The molecule has 0 saturated carbocycles. The fourth-order valence-electron chi connectivity index (χ4n) is 3.22. The number of aliphatic hydroxyl groups is 1. The highest BCUT2D eigenvalue weighted by atomic mass is 16.3. The summed E-state index contributed by atoms with van der Waals surface area (Å²) < 4.78 is 5.62. The Balaban J connectivity index is 2.27. The van der Waals surface area contributed by atoms with E-state index in [-0.39, 0.29) is 33.8 Å². The first-order chi connectivity index (χ1) is 10.4. The first-order valence-electron chi connectivity index (χ1n) is 7.24. The van der Waals surface area contributed by atoms with E-state index in [4.69, 9.17) is 4.42 Å². The number of likely N-dealkylation sites (tertiary alicyclic amines) is 1. The predicted octanol–water partition coefficient (Wildman–Crippen LogP) is 1.29. The third-order valence-corrected chi connectivity index (χ3v) is 4.28. The third kappa shape index (κ3) is 2.34. The maximum atomic E-state index is 12.1. The van der Waals surface area contributed by atoms with E-state index < -0.39 is 6.10 Å². The van der Waals surface area contributed by atoms with Crippen LogP contribution in [0.5, 0.6) is 11.5 Å². The maximum Gasteiger partial charge on any atom is 0.196 e. The zero-order valence-electron chi connectivity index (χ0n) is 12.5. The van der Waals surface area contributed by atoms with E-state index in [2.05, 4.69) is 0 Å². The van der Waals surface area contributed by atoms with Crippen LogP contribution in [0, 0.1) is 6.92 Å². The molecule has 1 aliphatic rings. The molecular formula is C16H19NO5. The minimum Gasteiger partial charge on any atom is -0.507 e.